The molecule has 0 spiro atoms. The second-order valence-corrected chi connectivity index (χ2v) is 4.53. The first-order chi connectivity index (χ1) is 9.19. The van der Waals surface area contributed by atoms with Gasteiger partial charge in [-0.1, -0.05) is 0 Å². The van der Waals surface area contributed by atoms with Crippen LogP contribution in [-0.2, 0) is 17.6 Å². The Hall–Kier alpha value is -1.84. The Kier molecular flexibility index (Phi) is 4.20. The number of ether oxygens (including phenoxy) is 2. The van der Waals surface area contributed by atoms with Gasteiger partial charge in [-0.25, -0.2) is 4.79 Å². The third-order valence-corrected chi connectivity index (χ3v) is 3.41. The van der Waals surface area contributed by atoms with Crippen LogP contribution in [0.3, 0.4) is 0 Å². The molecule has 0 radical (unpaired) electrons. The van der Waals surface area contributed by atoms with Gasteiger partial charge in [0.1, 0.15) is 0 Å². The largest absolute Gasteiger partial charge is 0.493 e. The normalized spacial score (nSPS) is 13.6. The topological polar surface area (TPSA) is 52.6 Å². The number of fused-ring (bicyclic) bond motifs is 1. The number of rotatable bonds is 3. The molecule has 0 saturated carbocycles. The van der Waals surface area contributed by atoms with Crippen LogP contribution in [0, 0.1) is 0 Å². The molecule has 0 N–H and O–H groups in total. The molecule has 1 aliphatic rings. The van der Waals surface area contributed by atoms with Crippen LogP contribution in [0.2, 0.25) is 0 Å². The van der Waals surface area contributed by atoms with E-state index < -0.39 is 0 Å². The highest BCUT2D eigenvalue weighted by atomic mass is 16.5. The Morgan fingerprint density at radius 2 is 1.89 bits per heavy atom. The van der Waals surface area contributed by atoms with Crippen LogP contribution in [0.25, 0.3) is 0 Å². The van der Waals surface area contributed by atoms with Crippen LogP contribution in [0.15, 0.2) is 16.9 Å². The summed E-state index contributed by atoms with van der Waals surface area (Å²) in [6, 6.07) is 3.20. The van der Waals surface area contributed by atoms with Gasteiger partial charge in [0.05, 0.1) is 19.3 Å². The van der Waals surface area contributed by atoms with Gasteiger partial charge in [0.2, 0.25) is 5.43 Å². The fraction of sp³-hybridized carbons (Fsp3) is 0.467. The lowest BCUT2D eigenvalue weighted by Gasteiger charge is -2.15. The summed E-state index contributed by atoms with van der Waals surface area (Å²) in [5.74, 6) is -0.0769. The molecule has 0 aliphatic heterocycles. The summed E-state index contributed by atoms with van der Waals surface area (Å²) in [4.78, 5) is 24.3. The van der Waals surface area contributed by atoms with Crippen molar-refractivity contribution in [1.29, 1.82) is 0 Å². The van der Waals surface area contributed by atoms with Crippen molar-refractivity contribution in [2.24, 2.45) is 0 Å². The van der Waals surface area contributed by atoms with Gasteiger partial charge in [-0.05, 0) is 50.3 Å². The molecule has 1 aromatic carbocycles. The number of carbonyl (C=O) groups is 1. The van der Waals surface area contributed by atoms with E-state index in [1.165, 1.54) is 7.11 Å². The predicted octanol–water partition coefficient (Wildman–Crippen LogP) is 2.11. The molecule has 1 aromatic rings. The number of hydrogen-bond donors (Lipinski definition) is 0. The second-order valence-electron chi connectivity index (χ2n) is 4.53. The summed E-state index contributed by atoms with van der Waals surface area (Å²) in [6.45, 7) is 2.10. The van der Waals surface area contributed by atoms with E-state index in [4.69, 9.17) is 9.47 Å². The molecule has 4 heteroatoms. The quantitative estimate of drug-likeness (QED) is 0.783. The number of esters is 1. The first kappa shape index (κ1) is 13.6. The Labute approximate surface area is 112 Å². The van der Waals surface area contributed by atoms with E-state index >= 15 is 0 Å². The number of hydrogen-bond acceptors (Lipinski definition) is 4. The lowest BCUT2D eigenvalue weighted by atomic mass is 9.90. The van der Waals surface area contributed by atoms with Crippen molar-refractivity contribution in [1.82, 2.24) is 0 Å². The Morgan fingerprint density at radius 1 is 1.21 bits per heavy atom. The zero-order chi connectivity index (χ0) is 13.8. The zero-order valence-electron chi connectivity index (χ0n) is 11.3. The first-order valence-corrected chi connectivity index (χ1v) is 6.59. The molecule has 0 unspecified atom stereocenters. The van der Waals surface area contributed by atoms with Crippen LogP contribution < -0.4 is 10.2 Å². The van der Waals surface area contributed by atoms with E-state index in [9.17, 15) is 9.59 Å². The average Bonchev–Trinajstić information content (AvgIpc) is 2.57. The van der Waals surface area contributed by atoms with Crippen molar-refractivity contribution >= 4 is 5.97 Å². The van der Waals surface area contributed by atoms with Gasteiger partial charge in [-0.3, -0.25) is 4.79 Å². The molecule has 0 atom stereocenters. The van der Waals surface area contributed by atoms with Gasteiger partial charge in [0, 0.05) is 5.56 Å². The van der Waals surface area contributed by atoms with Crippen LogP contribution in [0.5, 0.6) is 5.75 Å². The Morgan fingerprint density at radius 3 is 2.53 bits per heavy atom. The van der Waals surface area contributed by atoms with Crippen molar-refractivity contribution < 1.29 is 14.3 Å². The zero-order valence-corrected chi connectivity index (χ0v) is 11.3. The van der Waals surface area contributed by atoms with Crippen molar-refractivity contribution in [2.45, 2.75) is 32.6 Å². The minimum absolute atomic E-state index is 0.104. The SMILES string of the molecule is CCOC(=O)c1ccc(OC)c(=O)c2c1CCCC2. The molecule has 0 amide bonds. The molecular weight excluding hydrogens is 244 g/mol. The van der Waals surface area contributed by atoms with Crippen LogP contribution >= 0.6 is 0 Å². The van der Waals surface area contributed by atoms with Gasteiger partial charge in [-0.2, -0.15) is 0 Å². The third-order valence-electron chi connectivity index (χ3n) is 3.41. The summed E-state index contributed by atoms with van der Waals surface area (Å²) in [7, 11) is 1.47. The molecule has 19 heavy (non-hydrogen) atoms. The maximum Gasteiger partial charge on any atom is 0.338 e. The van der Waals surface area contributed by atoms with Crippen molar-refractivity contribution in [3.63, 3.8) is 0 Å². The molecule has 4 nitrogen and oxygen atoms in total. The van der Waals surface area contributed by atoms with E-state index in [0.717, 1.165) is 24.8 Å². The van der Waals surface area contributed by atoms with Gasteiger partial charge >= 0.3 is 5.97 Å². The smallest absolute Gasteiger partial charge is 0.338 e. The Balaban J connectivity index is 2.66. The molecule has 1 aliphatic carbocycles. The molecule has 0 heterocycles. The monoisotopic (exact) mass is 262 g/mol. The lowest BCUT2D eigenvalue weighted by Crippen LogP contribution is -2.17. The van der Waals surface area contributed by atoms with E-state index in [-0.39, 0.29) is 17.1 Å². The average molecular weight is 262 g/mol. The summed E-state index contributed by atoms with van der Waals surface area (Å²) in [5.41, 5.74) is 1.93. The molecule has 0 bridgehead atoms. The molecular formula is C15H18O4. The van der Waals surface area contributed by atoms with E-state index in [0.29, 0.717) is 24.2 Å². The number of carbonyl (C=O) groups excluding carboxylic acids is 1. The Bertz CT molecular complexity index is 549. The van der Waals surface area contributed by atoms with Crippen LogP contribution in [0.1, 0.15) is 41.3 Å². The maximum atomic E-state index is 12.3. The summed E-state index contributed by atoms with van der Waals surface area (Å²) in [6.07, 6.45) is 3.41. The van der Waals surface area contributed by atoms with Gasteiger partial charge < -0.3 is 9.47 Å². The molecule has 0 fully saturated rings. The fourth-order valence-corrected chi connectivity index (χ4v) is 2.50. The van der Waals surface area contributed by atoms with Crippen LogP contribution in [0.4, 0.5) is 0 Å². The van der Waals surface area contributed by atoms with E-state index in [1.54, 1.807) is 19.1 Å². The summed E-state index contributed by atoms with van der Waals surface area (Å²) in [5, 5.41) is 0. The summed E-state index contributed by atoms with van der Waals surface area (Å²) >= 11 is 0. The van der Waals surface area contributed by atoms with Gasteiger partial charge in [0.15, 0.2) is 5.75 Å². The minimum Gasteiger partial charge on any atom is -0.493 e. The first-order valence-electron chi connectivity index (χ1n) is 6.59. The third kappa shape index (κ3) is 2.62. The summed E-state index contributed by atoms with van der Waals surface area (Å²) < 4.78 is 10.2. The highest BCUT2D eigenvalue weighted by molar-refractivity contribution is 5.91. The number of methoxy groups -OCH3 is 1. The van der Waals surface area contributed by atoms with Crippen molar-refractivity contribution in [2.75, 3.05) is 13.7 Å². The standard InChI is InChI=1S/C15H18O4/c1-3-19-15(17)12-8-9-13(18-2)14(16)11-7-5-4-6-10(11)12/h8-9H,3-7H2,1-2H3. The molecule has 0 aromatic heterocycles. The van der Waals surface area contributed by atoms with Crippen molar-refractivity contribution in [3.05, 3.63) is 39.0 Å². The highest BCUT2D eigenvalue weighted by Gasteiger charge is 2.21. The molecule has 102 valence electrons. The van der Waals surface area contributed by atoms with Crippen molar-refractivity contribution in [3.8, 4) is 5.75 Å². The second kappa shape index (κ2) is 5.87. The molecule has 0 saturated heterocycles. The maximum absolute atomic E-state index is 12.3. The van der Waals surface area contributed by atoms with Gasteiger partial charge in [0.25, 0.3) is 0 Å². The fourth-order valence-electron chi connectivity index (χ4n) is 2.50. The van der Waals surface area contributed by atoms with Gasteiger partial charge in [-0.15, -0.1) is 0 Å². The highest BCUT2D eigenvalue weighted by Crippen LogP contribution is 2.23. The molecule has 2 rings (SSSR count). The lowest BCUT2D eigenvalue weighted by molar-refractivity contribution is 0.0525. The predicted molar refractivity (Wildman–Crippen MR) is 71.9 cm³/mol. The van der Waals surface area contributed by atoms with E-state index in [1.807, 2.05) is 0 Å². The van der Waals surface area contributed by atoms with Crippen LogP contribution in [-0.4, -0.2) is 19.7 Å². The van der Waals surface area contributed by atoms with E-state index in [2.05, 4.69) is 0 Å². The minimum atomic E-state index is -0.363.